The average Bonchev–Trinajstić information content (AvgIpc) is 3.06. The van der Waals surface area contributed by atoms with Crippen molar-refractivity contribution in [2.24, 2.45) is 0 Å². The van der Waals surface area contributed by atoms with Gasteiger partial charge in [-0.15, -0.1) is 0 Å². The molecule has 0 atom stereocenters. The lowest BCUT2D eigenvalue weighted by Gasteiger charge is -2.05. The molecule has 0 fully saturated rings. The Hall–Kier alpha value is -2.63. The molecule has 0 aliphatic carbocycles. The summed E-state index contributed by atoms with van der Waals surface area (Å²) < 4.78 is 3.97. The van der Waals surface area contributed by atoms with Crippen LogP contribution in [0.2, 0.25) is 0 Å². The predicted octanol–water partition coefficient (Wildman–Crippen LogP) is 3.38. The van der Waals surface area contributed by atoms with E-state index in [1.54, 1.807) is 12.1 Å². The number of non-ortho nitro benzene ring substituents is 1. The highest BCUT2D eigenvalue weighted by atomic mass is 16.6. The molecule has 0 bridgehead atoms. The van der Waals surface area contributed by atoms with E-state index >= 15 is 0 Å². The maximum absolute atomic E-state index is 10.8. The Labute approximate surface area is 121 Å². The van der Waals surface area contributed by atoms with Crippen molar-refractivity contribution >= 4 is 16.6 Å². The molecule has 6 heteroatoms. The fraction of sp³-hybridized carbons (Fsp3) is 0.267. The van der Waals surface area contributed by atoms with Crippen molar-refractivity contribution < 1.29 is 4.92 Å². The van der Waals surface area contributed by atoms with Gasteiger partial charge in [0.25, 0.3) is 5.69 Å². The topological polar surface area (TPSA) is 65.9 Å². The highest BCUT2D eigenvalue weighted by Crippen LogP contribution is 2.22. The second kappa shape index (κ2) is 5.05. The lowest BCUT2D eigenvalue weighted by Crippen LogP contribution is -2.04. The second-order valence-electron chi connectivity index (χ2n) is 5.32. The number of nitro groups is 1. The van der Waals surface area contributed by atoms with Crippen molar-refractivity contribution in [3.05, 3.63) is 58.5 Å². The van der Waals surface area contributed by atoms with Crippen LogP contribution in [0.15, 0.2) is 42.7 Å². The first-order chi connectivity index (χ1) is 10.0. The van der Waals surface area contributed by atoms with Gasteiger partial charge >= 0.3 is 0 Å². The standard InChI is InChI=1S/C15H16N4O2/c1-11(2)18-8-6-13(16-18)10-17-7-5-12-9-14(19(20)21)3-4-15(12)17/h3-9,11H,10H2,1-2H3. The summed E-state index contributed by atoms with van der Waals surface area (Å²) in [4.78, 5) is 10.4. The van der Waals surface area contributed by atoms with E-state index in [4.69, 9.17) is 0 Å². The number of fused-ring (bicyclic) bond motifs is 1. The number of aromatic nitrogens is 3. The van der Waals surface area contributed by atoms with E-state index < -0.39 is 0 Å². The summed E-state index contributed by atoms with van der Waals surface area (Å²) in [5.74, 6) is 0. The van der Waals surface area contributed by atoms with Crippen LogP contribution in [0.5, 0.6) is 0 Å². The lowest BCUT2D eigenvalue weighted by molar-refractivity contribution is -0.384. The monoisotopic (exact) mass is 284 g/mol. The fourth-order valence-electron chi connectivity index (χ4n) is 2.36. The Morgan fingerprint density at radius 1 is 1.24 bits per heavy atom. The van der Waals surface area contributed by atoms with Crippen LogP contribution in [0.4, 0.5) is 5.69 Å². The van der Waals surface area contributed by atoms with Gasteiger partial charge < -0.3 is 4.57 Å². The third kappa shape index (κ3) is 2.52. The van der Waals surface area contributed by atoms with Gasteiger partial charge in [-0.2, -0.15) is 5.10 Å². The molecule has 1 aromatic carbocycles. The first-order valence-corrected chi connectivity index (χ1v) is 6.82. The molecular weight excluding hydrogens is 268 g/mol. The molecule has 2 heterocycles. The van der Waals surface area contributed by atoms with Gasteiger partial charge in [0.05, 0.1) is 17.2 Å². The molecule has 0 amide bonds. The Kier molecular flexibility index (Phi) is 3.21. The van der Waals surface area contributed by atoms with Crippen LogP contribution in [-0.2, 0) is 6.54 Å². The van der Waals surface area contributed by atoms with Crippen LogP contribution in [0.1, 0.15) is 25.6 Å². The van der Waals surface area contributed by atoms with E-state index in [1.807, 2.05) is 33.8 Å². The summed E-state index contributed by atoms with van der Waals surface area (Å²) >= 11 is 0. The first-order valence-electron chi connectivity index (χ1n) is 6.82. The summed E-state index contributed by atoms with van der Waals surface area (Å²) in [6.07, 6.45) is 3.90. The van der Waals surface area contributed by atoms with E-state index in [0.29, 0.717) is 12.6 Å². The third-order valence-electron chi connectivity index (χ3n) is 3.49. The Morgan fingerprint density at radius 2 is 2.05 bits per heavy atom. The van der Waals surface area contributed by atoms with Gasteiger partial charge in [-0.05, 0) is 32.0 Å². The Bertz CT molecular complexity index is 801. The molecule has 21 heavy (non-hydrogen) atoms. The number of hydrogen-bond acceptors (Lipinski definition) is 3. The molecule has 0 N–H and O–H groups in total. The van der Waals surface area contributed by atoms with E-state index in [0.717, 1.165) is 16.6 Å². The quantitative estimate of drug-likeness (QED) is 0.545. The smallest absolute Gasteiger partial charge is 0.270 e. The molecule has 0 saturated carbocycles. The predicted molar refractivity (Wildman–Crippen MR) is 80.3 cm³/mol. The zero-order valence-corrected chi connectivity index (χ0v) is 11.9. The summed E-state index contributed by atoms with van der Waals surface area (Å²) in [6.45, 7) is 4.82. The van der Waals surface area contributed by atoms with Crippen molar-refractivity contribution in [3.8, 4) is 0 Å². The van der Waals surface area contributed by atoms with Gasteiger partial charge in [-0.3, -0.25) is 14.8 Å². The van der Waals surface area contributed by atoms with E-state index in [9.17, 15) is 10.1 Å². The summed E-state index contributed by atoms with van der Waals surface area (Å²) in [5.41, 5.74) is 2.06. The largest absolute Gasteiger partial charge is 0.341 e. The molecule has 0 saturated heterocycles. The maximum Gasteiger partial charge on any atom is 0.270 e. The minimum absolute atomic E-state index is 0.115. The molecule has 0 aliphatic rings. The third-order valence-corrected chi connectivity index (χ3v) is 3.49. The number of nitro benzene ring substituents is 1. The SMILES string of the molecule is CC(C)n1ccc(Cn2ccc3cc([N+](=O)[O-])ccc32)n1. The molecule has 0 unspecified atom stereocenters. The molecule has 0 radical (unpaired) electrons. The summed E-state index contributed by atoms with van der Waals surface area (Å²) in [5, 5.41) is 16.2. The van der Waals surface area contributed by atoms with E-state index in [2.05, 4.69) is 18.9 Å². The Balaban J connectivity index is 1.91. The van der Waals surface area contributed by atoms with Crippen LogP contribution < -0.4 is 0 Å². The van der Waals surface area contributed by atoms with Gasteiger partial charge in [0.1, 0.15) is 0 Å². The molecular formula is C15H16N4O2. The number of nitrogens with zero attached hydrogens (tertiary/aromatic N) is 4. The summed E-state index contributed by atoms with van der Waals surface area (Å²) in [6, 6.07) is 9.14. The number of rotatable bonds is 4. The lowest BCUT2D eigenvalue weighted by atomic mass is 10.2. The van der Waals surface area contributed by atoms with Gasteiger partial charge in [-0.1, -0.05) is 0 Å². The molecule has 0 aliphatic heterocycles. The Morgan fingerprint density at radius 3 is 2.71 bits per heavy atom. The maximum atomic E-state index is 10.8. The van der Waals surface area contributed by atoms with Crippen molar-refractivity contribution in [2.45, 2.75) is 26.4 Å². The van der Waals surface area contributed by atoms with Crippen LogP contribution in [-0.4, -0.2) is 19.3 Å². The van der Waals surface area contributed by atoms with Gasteiger partial charge in [0.2, 0.25) is 0 Å². The number of benzene rings is 1. The highest BCUT2D eigenvalue weighted by Gasteiger charge is 2.10. The minimum atomic E-state index is -0.374. The van der Waals surface area contributed by atoms with Crippen LogP contribution in [0.3, 0.4) is 0 Å². The van der Waals surface area contributed by atoms with Crippen molar-refractivity contribution in [1.29, 1.82) is 0 Å². The van der Waals surface area contributed by atoms with Gasteiger partial charge in [0, 0.05) is 41.5 Å². The molecule has 108 valence electrons. The van der Waals surface area contributed by atoms with Gasteiger partial charge in [0.15, 0.2) is 0 Å². The van der Waals surface area contributed by atoms with Crippen LogP contribution >= 0.6 is 0 Å². The number of hydrogen-bond donors (Lipinski definition) is 0. The molecule has 3 rings (SSSR count). The van der Waals surface area contributed by atoms with Crippen LogP contribution in [0, 0.1) is 10.1 Å². The average molecular weight is 284 g/mol. The molecule has 2 aromatic heterocycles. The van der Waals surface area contributed by atoms with Crippen molar-refractivity contribution in [3.63, 3.8) is 0 Å². The van der Waals surface area contributed by atoms with Crippen molar-refractivity contribution in [1.82, 2.24) is 14.3 Å². The van der Waals surface area contributed by atoms with Gasteiger partial charge in [-0.25, -0.2) is 0 Å². The zero-order chi connectivity index (χ0) is 15.0. The zero-order valence-electron chi connectivity index (χ0n) is 11.9. The van der Waals surface area contributed by atoms with Crippen LogP contribution in [0.25, 0.3) is 10.9 Å². The highest BCUT2D eigenvalue weighted by molar-refractivity contribution is 5.82. The first kappa shape index (κ1) is 13.4. The molecule has 3 aromatic rings. The molecule has 6 nitrogen and oxygen atoms in total. The molecule has 0 spiro atoms. The fourth-order valence-corrected chi connectivity index (χ4v) is 2.36. The van der Waals surface area contributed by atoms with E-state index in [1.165, 1.54) is 6.07 Å². The second-order valence-corrected chi connectivity index (χ2v) is 5.32. The summed E-state index contributed by atoms with van der Waals surface area (Å²) in [7, 11) is 0. The van der Waals surface area contributed by atoms with E-state index in [-0.39, 0.29) is 10.6 Å². The van der Waals surface area contributed by atoms with Crippen molar-refractivity contribution in [2.75, 3.05) is 0 Å². The minimum Gasteiger partial charge on any atom is -0.341 e. The normalized spacial score (nSPS) is 11.4.